The van der Waals surface area contributed by atoms with Crippen LogP contribution in [0, 0.1) is 17.0 Å². The summed E-state index contributed by atoms with van der Waals surface area (Å²) in [6.07, 6.45) is 1.63. The van der Waals surface area contributed by atoms with Crippen LogP contribution in [0.2, 0.25) is 0 Å². The van der Waals surface area contributed by atoms with Gasteiger partial charge in [0.25, 0.3) is 5.69 Å². The van der Waals surface area contributed by atoms with Crippen LogP contribution in [0.5, 0.6) is 0 Å². The normalized spacial score (nSPS) is 12.2. The van der Waals surface area contributed by atoms with Crippen molar-refractivity contribution < 1.29 is 9.34 Å². The molecule has 0 saturated carbocycles. The van der Waals surface area contributed by atoms with Crippen molar-refractivity contribution in [2.24, 2.45) is 10.1 Å². The van der Waals surface area contributed by atoms with Crippen molar-refractivity contribution in [3.63, 3.8) is 0 Å². The van der Waals surface area contributed by atoms with Gasteiger partial charge in [0, 0.05) is 29.6 Å². The standard InChI is InChI=1S/C17H16N4O3S/c1-3-18-17-20(19-10-15-9-4-12(2)24-15)16(11-25-17)13-5-7-14(8-6-13)21(22)23/h4-11H,3H2,1-2H3. The van der Waals surface area contributed by atoms with Gasteiger partial charge in [-0.2, -0.15) is 5.10 Å². The van der Waals surface area contributed by atoms with Gasteiger partial charge >= 0.3 is 0 Å². The van der Waals surface area contributed by atoms with E-state index in [4.69, 9.17) is 4.42 Å². The van der Waals surface area contributed by atoms with Gasteiger partial charge in [-0.25, -0.2) is 4.68 Å². The summed E-state index contributed by atoms with van der Waals surface area (Å²) in [5, 5.41) is 17.2. The predicted octanol–water partition coefficient (Wildman–Crippen LogP) is 3.83. The van der Waals surface area contributed by atoms with E-state index in [1.54, 1.807) is 23.0 Å². The second-order valence-corrected chi connectivity index (χ2v) is 6.02. The lowest BCUT2D eigenvalue weighted by molar-refractivity contribution is -0.384. The molecule has 2 aromatic heterocycles. The number of nitro benzene ring substituents is 1. The Bertz CT molecular complexity index is 980. The molecule has 0 amide bonds. The highest BCUT2D eigenvalue weighted by Crippen LogP contribution is 2.23. The van der Waals surface area contributed by atoms with Gasteiger partial charge in [-0.15, -0.1) is 11.3 Å². The Morgan fingerprint density at radius 3 is 2.64 bits per heavy atom. The molecule has 25 heavy (non-hydrogen) atoms. The van der Waals surface area contributed by atoms with Gasteiger partial charge in [-0.3, -0.25) is 15.1 Å². The van der Waals surface area contributed by atoms with E-state index in [1.807, 2.05) is 31.4 Å². The highest BCUT2D eigenvalue weighted by molar-refractivity contribution is 7.07. The van der Waals surface area contributed by atoms with Crippen molar-refractivity contribution in [3.05, 3.63) is 68.2 Å². The lowest BCUT2D eigenvalue weighted by atomic mass is 10.1. The van der Waals surface area contributed by atoms with Crippen LogP contribution in [0.25, 0.3) is 11.3 Å². The van der Waals surface area contributed by atoms with E-state index in [9.17, 15) is 10.1 Å². The maximum Gasteiger partial charge on any atom is 0.269 e. The fraction of sp³-hybridized carbons (Fsp3) is 0.176. The first kappa shape index (κ1) is 16.8. The maximum atomic E-state index is 10.8. The fourth-order valence-electron chi connectivity index (χ4n) is 2.24. The molecular formula is C17H16N4O3S. The summed E-state index contributed by atoms with van der Waals surface area (Å²) in [7, 11) is 0. The molecule has 0 radical (unpaired) electrons. The number of non-ortho nitro benzene ring substituents is 1. The van der Waals surface area contributed by atoms with Crippen LogP contribution in [-0.4, -0.2) is 22.4 Å². The number of rotatable bonds is 5. The topological polar surface area (TPSA) is 85.9 Å². The third-order valence-corrected chi connectivity index (χ3v) is 4.27. The first-order valence-corrected chi connectivity index (χ1v) is 8.53. The van der Waals surface area contributed by atoms with Crippen molar-refractivity contribution >= 4 is 23.2 Å². The van der Waals surface area contributed by atoms with Crippen LogP contribution in [0.15, 0.2) is 56.3 Å². The second-order valence-electron chi connectivity index (χ2n) is 5.19. The quantitative estimate of drug-likeness (QED) is 0.395. The van der Waals surface area contributed by atoms with Crippen LogP contribution in [0.4, 0.5) is 5.69 Å². The molecule has 1 aromatic carbocycles. The molecule has 7 nitrogen and oxygen atoms in total. The summed E-state index contributed by atoms with van der Waals surface area (Å²) >= 11 is 1.46. The zero-order chi connectivity index (χ0) is 17.8. The van der Waals surface area contributed by atoms with Gasteiger partial charge in [0.05, 0.1) is 16.8 Å². The Balaban J connectivity index is 2.03. The van der Waals surface area contributed by atoms with E-state index < -0.39 is 4.92 Å². The number of aryl methyl sites for hydroxylation is 1. The molecular weight excluding hydrogens is 340 g/mol. The Hall–Kier alpha value is -3.00. The zero-order valence-electron chi connectivity index (χ0n) is 13.7. The Morgan fingerprint density at radius 1 is 1.28 bits per heavy atom. The highest BCUT2D eigenvalue weighted by Gasteiger charge is 2.10. The van der Waals surface area contributed by atoms with E-state index in [1.165, 1.54) is 23.5 Å². The minimum atomic E-state index is -0.416. The molecule has 0 aliphatic heterocycles. The number of benzene rings is 1. The minimum Gasteiger partial charge on any atom is -0.460 e. The number of thiazole rings is 1. The van der Waals surface area contributed by atoms with Crippen molar-refractivity contribution in [2.75, 3.05) is 6.54 Å². The fourth-order valence-corrected chi connectivity index (χ4v) is 3.15. The van der Waals surface area contributed by atoms with E-state index in [0.29, 0.717) is 12.3 Å². The molecule has 2 heterocycles. The summed E-state index contributed by atoms with van der Waals surface area (Å²) < 4.78 is 7.22. The van der Waals surface area contributed by atoms with E-state index in [0.717, 1.165) is 21.8 Å². The van der Waals surface area contributed by atoms with E-state index in [2.05, 4.69) is 10.1 Å². The van der Waals surface area contributed by atoms with E-state index in [-0.39, 0.29) is 5.69 Å². The largest absolute Gasteiger partial charge is 0.460 e. The van der Waals surface area contributed by atoms with Gasteiger partial charge in [-0.05, 0) is 38.1 Å². The molecule has 8 heteroatoms. The number of furan rings is 1. The molecule has 0 atom stereocenters. The predicted molar refractivity (Wildman–Crippen MR) is 96.9 cm³/mol. The molecule has 0 bridgehead atoms. The zero-order valence-corrected chi connectivity index (χ0v) is 14.6. The van der Waals surface area contributed by atoms with Gasteiger partial charge in [0.1, 0.15) is 11.5 Å². The molecule has 3 aromatic rings. The minimum absolute atomic E-state index is 0.0542. The number of nitro groups is 1. The van der Waals surface area contributed by atoms with Crippen molar-refractivity contribution in [1.29, 1.82) is 0 Å². The first-order chi connectivity index (χ1) is 12.1. The molecule has 0 aliphatic carbocycles. The number of nitrogens with zero attached hydrogens (tertiary/aromatic N) is 4. The summed E-state index contributed by atoms with van der Waals surface area (Å²) in [5.74, 6) is 1.46. The maximum absolute atomic E-state index is 10.8. The van der Waals surface area contributed by atoms with Crippen LogP contribution in [-0.2, 0) is 0 Å². The lowest BCUT2D eigenvalue weighted by Gasteiger charge is -2.03. The molecule has 3 rings (SSSR count). The molecule has 0 unspecified atom stereocenters. The molecule has 0 fully saturated rings. The smallest absolute Gasteiger partial charge is 0.269 e. The first-order valence-electron chi connectivity index (χ1n) is 7.65. The summed E-state index contributed by atoms with van der Waals surface area (Å²) in [5.41, 5.74) is 1.69. The molecule has 0 N–H and O–H groups in total. The SMILES string of the molecule is CCN=c1scc(-c2ccc([N+](=O)[O-])cc2)n1N=Cc1ccc(C)o1. The third kappa shape index (κ3) is 3.74. The van der Waals surface area contributed by atoms with Gasteiger partial charge in [0.2, 0.25) is 4.80 Å². The Morgan fingerprint density at radius 2 is 2.04 bits per heavy atom. The number of hydrogen-bond acceptors (Lipinski definition) is 6. The summed E-state index contributed by atoms with van der Waals surface area (Å²) in [6, 6.07) is 10.1. The van der Waals surface area contributed by atoms with Gasteiger partial charge in [0.15, 0.2) is 0 Å². The average molecular weight is 356 g/mol. The second kappa shape index (κ2) is 7.27. The van der Waals surface area contributed by atoms with Crippen LogP contribution < -0.4 is 4.80 Å². The molecule has 0 aliphatic rings. The average Bonchev–Trinajstić information content (AvgIpc) is 3.19. The van der Waals surface area contributed by atoms with Crippen LogP contribution >= 0.6 is 11.3 Å². The van der Waals surface area contributed by atoms with Gasteiger partial charge < -0.3 is 4.42 Å². The summed E-state index contributed by atoms with van der Waals surface area (Å²) in [6.45, 7) is 4.46. The lowest BCUT2D eigenvalue weighted by Crippen LogP contribution is -2.12. The third-order valence-electron chi connectivity index (χ3n) is 3.41. The number of aromatic nitrogens is 1. The monoisotopic (exact) mass is 356 g/mol. The Labute approximate surface area is 147 Å². The molecule has 128 valence electrons. The molecule has 0 spiro atoms. The van der Waals surface area contributed by atoms with Crippen LogP contribution in [0.3, 0.4) is 0 Å². The van der Waals surface area contributed by atoms with Crippen LogP contribution in [0.1, 0.15) is 18.4 Å². The molecule has 0 saturated heterocycles. The van der Waals surface area contributed by atoms with E-state index >= 15 is 0 Å². The van der Waals surface area contributed by atoms with Crippen molar-refractivity contribution in [2.45, 2.75) is 13.8 Å². The van der Waals surface area contributed by atoms with Crippen molar-refractivity contribution in [3.8, 4) is 11.3 Å². The number of hydrogen-bond donors (Lipinski definition) is 0. The summed E-state index contributed by atoms with van der Waals surface area (Å²) in [4.78, 5) is 15.6. The highest BCUT2D eigenvalue weighted by atomic mass is 32.1. The van der Waals surface area contributed by atoms with Gasteiger partial charge in [-0.1, -0.05) is 0 Å². The van der Waals surface area contributed by atoms with Crippen molar-refractivity contribution in [1.82, 2.24) is 4.68 Å². The Kier molecular flexibility index (Phi) is 4.90.